The molecule has 3 rings (SSSR count). The van der Waals surface area contributed by atoms with E-state index in [0.717, 1.165) is 55.9 Å². The second-order valence-corrected chi connectivity index (χ2v) is 43.9. The van der Waals surface area contributed by atoms with Crippen LogP contribution in [0, 0.1) is 0 Å². The number of thioether (sulfide) groups is 4. The minimum absolute atomic E-state index is 0.0448. The number of rotatable bonds is 21. The molecular weight excluding hydrogens is 1900 g/mol. The molecule has 3 aliphatic heterocycles. The molecular formula is C80H138N20O25S8. The molecule has 3 aliphatic rings. The van der Waals surface area contributed by atoms with E-state index in [4.69, 9.17) is 24.1 Å². The van der Waals surface area contributed by atoms with Gasteiger partial charge in [0.25, 0.3) is 0 Å². The fourth-order valence-electron chi connectivity index (χ4n) is 12.5. The van der Waals surface area contributed by atoms with E-state index in [0.29, 0.717) is 0 Å². The maximum atomic E-state index is 14.6. The molecule has 10 N–H and O–H groups in total. The number of nitrogens with zero attached hydrogens (tertiary/aromatic N) is 11. The van der Waals surface area contributed by atoms with Crippen LogP contribution in [0.15, 0.2) is 0 Å². The minimum Gasteiger partial charge on any atom is -0.480 e. The predicted molar refractivity (Wildman–Crippen MR) is 515 cm³/mol. The van der Waals surface area contributed by atoms with Crippen LogP contribution in [0.25, 0.3) is 0 Å². The monoisotopic (exact) mass is 2030 g/mol. The fraction of sp³-hybridized carbons (Fsp3) is 0.750. The lowest BCUT2D eigenvalue weighted by atomic mass is 10.1. The van der Waals surface area contributed by atoms with Crippen molar-refractivity contribution in [2.75, 3.05) is 208 Å². The molecule has 53 heteroatoms. The summed E-state index contributed by atoms with van der Waals surface area (Å²) in [6.07, 6.45) is 2.99. The van der Waals surface area contributed by atoms with Crippen LogP contribution in [0.4, 0.5) is 19.2 Å². The van der Waals surface area contributed by atoms with Gasteiger partial charge in [0.2, 0.25) is 88.6 Å². The van der Waals surface area contributed by atoms with Crippen molar-refractivity contribution in [1.82, 2.24) is 102 Å². The third kappa shape index (κ3) is 40.7. The van der Waals surface area contributed by atoms with Gasteiger partial charge in [-0.05, 0) is 115 Å². The molecule has 0 saturated carbocycles. The maximum Gasteiger partial charge on any atom is 0.408 e. The van der Waals surface area contributed by atoms with Crippen molar-refractivity contribution in [2.24, 2.45) is 0 Å². The Bertz CT molecular complexity index is 3940. The first-order valence-electron chi connectivity index (χ1n) is 41.8. The van der Waals surface area contributed by atoms with Crippen LogP contribution in [-0.2, 0) is 95.7 Å². The van der Waals surface area contributed by atoms with Crippen LogP contribution in [0.1, 0.15) is 83.1 Å². The van der Waals surface area contributed by atoms with Crippen LogP contribution < -0.4 is 47.9 Å². The third-order valence-corrected chi connectivity index (χ3v) is 27.3. The first-order valence-corrected chi connectivity index (χ1v) is 52.4. The van der Waals surface area contributed by atoms with Gasteiger partial charge < -0.3 is 126 Å². The number of fused-ring (bicyclic) bond motifs is 5. The number of ether oxygens (including phenoxy) is 4. The summed E-state index contributed by atoms with van der Waals surface area (Å²) in [5, 5.41) is 31.6. The summed E-state index contributed by atoms with van der Waals surface area (Å²) >= 11 is 5.07. The Morgan fingerprint density at radius 2 is 0.767 bits per heavy atom. The van der Waals surface area contributed by atoms with Crippen LogP contribution in [0.3, 0.4) is 0 Å². The summed E-state index contributed by atoms with van der Waals surface area (Å²) in [6, 6.07) is -14.8. The average Bonchev–Trinajstić information content (AvgIpc) is 0.819. The number of carbonyl (C=O) groups is 20. The number of carboxylic acids is 1. The zero-order valence-corrected chi connectivity index (χ0v) is 87.7. The van der Waals surface area contributed by atoms with Crippen molar-refractivity contribution in [1.29, 1.82) is 0 Å². The van der Waals surface area contributed by atoms with Crippen molar-refractivity contribution in [2.45, 2.75) is 178 Å². The number of hydrogen-bond acceptors (Lipinski definition) is 33. The number of aliphatic carboxylic acids is 1. The molecule has 45 nitrogen and oxygen atoms in total. The lowest BCUT2D eigenvalue weighted by Crippen LogP contribution is -2.61. The quantitative estimate of drug-likeness (QED) is 0.0465. The van der Waals surface area contributed by atoms with E-state index in [1.807, 2.05) is 0 Å². The van der Waals surface area contributed by atoms with Crippen LogP contribution in [0.2, 0.25) is 0 Å². The van der Waals surface area contributed by atoms with Gasteiger partial charge in [0.15, 0.2) is 0 Å². The normalized spacial score (nSPS) is 22.8. The van der Waals surface area contributed by atoms with Gasteiger partial charge in [-0.3, -0.25) is 76.7 Å². The molecule has 0 aromatic heterocycles. The molecule has 756 valence electrons. The number of carboxylic acid groups (broad SMARTS) is 1. The SMILES string of the molecule is CN[C@H]1CSSC[C@@H](C(=O)N(C)[C@@H](CSC)C(=O)N(C)C[C@H](NC(=O)OC(C)(C)C)C(=O)NCC(=O)O)N(C)C(=O)CNC(=O)[C@H](NC(=O)OC(C)(C)C)CN(C)C(=O)[C@H](CSC)N(C)C1=O.CSC[C@H]1C(=O)N(C)C[C@H](NC(=O)OC(C)(C)C)C(=O)NCC(=O)N(C)[C@H]2CSSC[C@@H](C(=O)N1C)N(C)C(=O)CNC(=O)[C@H](NC(=O)OC(C)(C)C)CN(C)C(=O)[C@H](CSC)N(C)C2=O. The van der Waals surface area contributed by atoms with Gasteiger partial charge in [0.1, 0.15) is 95.4 Å². The molecule has 3 fully saturated rings. The largest absolute Gasteiger partial charge is 0.480 e. The van der Waals surface area contributed by atoms with Crippen LogP contribution >= 0.6 is 90.2 Å². The van der Waals surface area contributed by atoms with Gasteiger partial charge in [0.05, 0.1) is 25.7 Å². The van der Waals surface area contributed by atoms with Gasteiger partial charge in [-0.1, -0.05) is 43.2 Å². The molecule has 0 aliphatic carbocycles. The Kier molecular flexibility index (Phi) is 50.8. The summed E-state index contributed by atoms with van der Waals surface area (Å²) in [4.78, 5) is 286. The van der Waals surface area contributed by atoms with Crippen molar-refractivity contribution in [3.8, 4) is 0 Å². The second kappa shape index (κ2) is 56.2. The van der Waals surface area contributed by atoms with E-state index in [1.165, 1.54) is 166 Å². The highest BCUT2D eigenvalue weighted by Crippen LogP contribution is 2.30. The molecule has 12 atom stereocenters. The fourth-order valence-corrected chi connectivity index (χ4v) is 20.2. The van der Waals surface area contributed by atoms with Crippen molar-refractivity contribution < 1.29 is 120 Å². The number of likely N-dealkylation sites (N-methyl/N-ethyl adjacent to an activating group) is 12. The van der Waals surface area contributed by atoms with Crippen molar-refractivity contribution in [3.63, 3.8) is 0 Å². The number of carbonyl (C=O) groups excluding carboxylic acids is 19. The Hall–Kier alpha value is -8.64. The molecule has 0 spiro atoms. The zero-order chi connectivity index (χ0) is 102. The van der Waals surface area contributed by atoms with E-state index >= 15 is 0 Å². The summed E-state index contributed by atoms with van der Waals surface area (Å²) in [6.45, 7) is 15.0. The lowest BCUT2D eigenvalue weighted by Gasteiger charge is -2.37. The lowest BCUT2D eigenvalue weighted by molar-refractivity contribution is -0.149. The van der Waals surface area contributed by atoms with E-state index in [2.05, 4.69) is 47.9 Å². The number of hydrogen-bond donors (Lipinski definition) is 10. The van der Waals surface area contributed by atoms with Gasteiger partial charge in [-0.15, -0.1) is 0 Å². The number of nitrogens with one attached hydrogen (secondary N) is 9. The summed E-state index contributed by atoms with van der Waals surface area (Å²) in [5.41, 5.74) is -3.83. The van der Waals surface area contributed by atoms with E-state index in [-0.39, 0.29) is 52.6 Å². The average molecular weight is 2040 g/mol. The molecule has 0 aromatic carbocycles. The molecule has 133 heavy (non-hydrogen) atoms. The molecule has 0 unspecified atom stereocenters. The molecule has 0 radical (unpaired) electrons. The molecule has 2 bridgehead atoms. The summed E-state index contributed by atoms with van der Waals surface area (Å²) < 4.78 is 21.4. The van der Waals surface area contributed by atoms with Crippen molar-refractivity contribution >= 4 is 209 Å². The van der Waals surface area contributed by atoms with E-state index < -0.39 is 260 Å². The summed E-state index contributed by atoms with van der Waals surface area (Å²) in [5.74, 6) is -11.5. The minimum atomic E-state index is -1.47. The van der Waals surface area contributed by atoms with Crippen LogP contribution in [0.5, 0.6) is 0 Å². The van der Waals surface area contributed by atoms with Gasteiger partial charge in [0, 0.05) is 150 Å². The molecule has 0 aromatic rings. The van der Waals surface area contributed by atoms with Gasteiger partial charge >= 0.3 is 30.3 Å². The van der Waals surface area contributed by atoms with E-state index in [1.54, 1.807) is 115 Å². The van der Waals surface area contributed by atoms with Gasteiger partial charge in [-0.25, -0.2) is 19.2 Å². The predicted octanol–water partition coefficient (Wildman–Crippen LogP) is -1.44. The Balaban J connectivity index is 0.000000900. The Morgan fingerprint density at radius 3 is 1.09 bits per heavy atom. The number of amides is 19. The van der Waals surface area contributed by atoms with Gasteiger partial charge in [-0.2, -0.15) is 47.0 Å². The highest BCUT2D eigenvalue weighted by molar-refractivity contribution is 8.77. The Labute approximate surface area is 811 Å². The first-order chi connectivity index (χ1) is 61.5. The molecule has 3 saturated heterocycles. The summed E-state index contributed by atoms with van der Waals surface area (Å²) in [7, 11) is 21.4. The number of alkyl carbamates (subject to hydrolysis) is 4. The van der Waals surface area contributed by atoms with Crippen molar-refractivity contribution in [3.05, 3.63) is 0 Å². The van der Waals surface area contributed by atoms with Crippen LogP contribution in [-0.4, -0.2) is 481 Å². The van der Waals surface area contributed by atoms with E-state index in [9.17, 15) is 95.9 Å². The molecule has 3 heterocycles. The zero-order valence-electron chi connectivity index (χ0n) is 81.2. The topological polar surface area (TPSA) is 542 Å². The second-order valence-electron chi connectivity index (χ2n) is 35.2. The third-order valence-electron chi connectivity index (χ3n) is 19.9. The first kappa shape index (κ1) is 120. The highest BCUT2D eigenvalue weighted by Gasteiger charge is 2.45. The standard InChI is InChI=1S/C40H70N10O13S4.C40H68N10O12S4/c1-39(2,3)62-37(60)44-23-17-46(8)34(57)26(20-64-13)49(11)33(56)25(41-7)19-66-67-22-28(48(10)29(51)15-42-31(23)54)36(59)50(12)27(21-65-14)35(58)47(9)18-24(32(55)43-16-30(52)53)45-38(61)63-40(4,5)6;1-39(2,3)61-37(59)43-23-17-45(7)33(55)25(19-63-13)49(11)35(57)28-22-66-65-21-27(47(9)29(51)15-41-31(23)53)36(58)50(12)26(20-64-14)34(56)46(8)18-24(44-38(60)62-40(4,5)6)32(54)42-16-30(52)48(28)10/h23-28,41H,15-22H2,1-14H3,(H,42,54)(H,43,55)(H,44,60)(H,45,61)(H,52,53);23-28H,15-22H2,1-14H3,(H,41,53)(H,42,54)(H,43,59)(H,44,60)/t23-,24+,25+,26+,27+,28+;23-,24+,25-,26-,27-,28-/m10/s1. The molecule has 19 amide bonds. The Morgan fingerprint density at radius 1 is 0.444 bits per heavy atom. The highest BCUT2D eigenvalue weighted by atomic mass is 33.1. The smallest absolute Gasteiger partial charge is 0.408 e. The maximum absolute atomic E-state index is 14.6.